The van der Waals surface area contributed by atoms with Gasteiger partial charge in [-0.05, 0) is 29.8 Å². The molecule has 0 radical (unpaired) electrons. The van der Waals surface area contributed by atoms with Gasteiger partial charge in [0.25, 0.3) is 0 Å². The van der Waals surface area contributed by atoms with E-state index < -0.39 is 41.4 Å². The molecule has 0 spiro atoms. The molecule has 0 bridgehead atoms. The van der Waals surface area contributed by atoms with Crippen molar-refractivity contribution in [1.29, 1.82) is 0 Å². The summed E-state index contributed by atoms with van der Waals surface area (Å²) in [6.07, 6.45) is -10.1. The fourth-order valence-corrected chi connectivity index (χ4v) is 2.77. The van der Waals surface area contributed by atoms with Gasteiger partial charge in [-0.25, -0.2) is 0 Å². The van der Waals surface area contributed by atoms with Crippen molar-refractivity contribution >= 4 is 11.8 Å². The normalized spacial score (nSPS) is 17.7. The Labute approximate surface area is 162 Å². The first kappa shape index (κ1) is 22.7. The molecule has 1 aliphatic rings. The average molecular weight is 424 g/mol. The largest absolute Gasteiger partial charge is 0.416 e. The average Bonchev–Trinajstić information content (AvgIpc) is 2.66. The molecule has 1 aromatic rings. The fourth-order valence-electron chi connectivity index (χ4n) is 2.77. The second kappa shape index (κ2) is 8.85. The van der Waals surface area contributed by atoms with Crippen LogP contribution in [0, 0.1) is 0 Å². The van der Waals surface area contributed by atoms with Crippen molar-refractivity contribution in [3.8, 4) is 0 Å². The molecule has 29 heavy (non-hydrogen) atoms. The Morgan fingerprint density at radius 3 is 2.24 bits per heavy atom. The van der Waals surface area contributed by atoms with Crippen LogP contribution in [0.5, 0.6) is 0 Å². The van der Waals surface area contributed by atoms with E-state index in [9.17, 15) is 35.9 Å². The Balaban J connectivity index is 2.18. The van der Waals surface area contributed by atoms with Gasteiger partial charge in [-0.3, -0.25) is 9.59 Å². The van der Waals surface area contributed by atoms with Gasteiger partial charge in [0.15, 0.2) is 0 Å². The third-order valence-electron chi connectivity index (χ3n) is 4.22. The summed E-state index contributed by atoms with van der Waals surface area (Å²) in [4.78, 5) is 24.6. The number of alkyl halides is 6. The number of benzene rings is 1. The molecule has 1 aromatic carbocycles. The summed E-state index contributed by atoms with van der Waals surface area (Å²) in [7, 11) is 0. The van der Waals surface area contributed by atoms with E-state index in [1.54, 1.807) is 0 Å². The number of halogens is 6. The van der Waals surface area contributed by atoms with Gasteiger partial charge in [0.2, 0.25) is 11.8 Å². The molecule has 2 amide bonds. The van der Waals surface area contributed by atoms with Gasteiger partial charge in [-0.2, -0.15) is 26.3 Å². The maximum absolute atomic E-state index is 13.0. The molecule has 160 valence electrons. The minimum atomic E-state index is -4.97. The van der Waals surface area contributed by atoms with E-state index in [-0.39, 0.29) is 44.3 Å². The van der Waals surface area contributed by atoms with Crippen molar-refractivity contribution in [2.24, 2.45) is 0 Å². The Bertz CT molecular complexity index is 744. The van der Waals surface area contributed by atoms with Crippen molar-refractivity contribution in [3.63, 3.8) is 0 Å². The summed E-state index contributed by atoms with van der Waals surface area (Å²) in [6.45, 7) is 3.16. The second-order valence-electron chi connectivity index (χ2n) is 6.28. The van der Waals surface area contributed by atoms with Crippen molar-refractivity contribution in [2.75, 3.05) is 26.2 Å². The lowest BCUT2D eigenvalue weighted by Crippen LogP contribution is -2.43. The maximum atomic E-state index is 13.0. The fraction of sp³-hybridized carbons (Fsp3) is 0.444. The highest BCUT2D eigenvalue weighted by molar-refractivity contribution is 5.87. The summed E-state index contributed by atoms with van der Waals surface area (Å²) in [5.41, 5.74) is -3.20. The summed E-state index contributed by atoms with van der Waals surface area (Å²) in [5, 5.41) is 2.41. The molecule has 2 rings (SSSR count). The second-order valence-corrected chi connectivity index (χ2v) is 6.28. The number of amides is 2. The number of carbonyl (C=O) groups is 2. The van der Waals surface area contributed by atoms with E-state index in [0.717, 1.165) is 6.08 Å². The van der Waals surface area contributed by atoms with Gasteiger partial charge in [-0.15, -0.1) is 0 Å². The molecule has 11 heteroatoms. The van der Waals surface area contributed by atoms with Crippen LogP contribution in [0.2, 0.25) is 0 Å². The zero-order chi connectivity index (χ0) is 21.8. The number of morpholine rings is 1. The lowest BCUT2D eigenvalue weighted by molar-refractivity contribution is -0.144. The topological polar surface area (TPSA) is 58.6 Å². The summed E-state index contributed by atoms with van der Waals surface area (Å²) in [6, 6.07) is 1.23. The van der Waals surface area contributed by atoms with Crippen LogP contribution in [0.3, 0.4) is 0 Å². The minimum Gasteiger partial charge on any atom is -0.370 e. The van der Waals surface area contributed by atoms with Crippen LogP contribution >= 0.6 is 0 Å². The molecule has 0 saturated carbocycles. The Morgan fingerprint density at radius 2 is 1.72 bits per heavy atom. The van der Waals surface area contributed by atoms with Gasteiger partial charge in [-0.1, -0.05) is 6.58 Å². The number of ether oxygens (including phenoxy) is 1. The molecule has 1 N–H and O–H groups in total. The molecule has 1 fully saturated rings. The Hall–Kier alpha value is -2.56. The van der Waals surface area contributed by atoms with Crippen LogP contribution in [0.25, 0.3) is 0 Å². The summed E-state index contributed by atoms with van der Waals surface area (Å²) < 4.78 is 83.5. The van der Waals surface area contributed by atoms with Crippen LogP contribution in [-0.4, -0.2) is 43.0 Å². The number of hydrogen-bond donors (Lipinski definition) is 1. The van der Waals surface area contributed by atoms with Crippen LogP contribution in [0.15, 0.2) is 30.9 Å². The molecule has 1 atom stereocenters. The number of rotatable bonds is 5. The first-order chi connectivity index (χ1) is 13.4. The van der Waals surface area contributed by atoms with Crippen LogP contribution in [-0.2, 0) is 26.7 Å². The van der Waals surface area contributed by atoms with Gasteiger partial charge in [0.1, 0.15) is 6.10 Å². The third kappa shape index (κ3) is 6.21. The molecule has 1 saturated heterocycles. The zero-order valence-electron chi connectivity index (χ0n) is 15.1. The first-order valence-corrected chi connectivity index (χ1v) is 8.51. The van der Waals surface area contributed by atoms with Crippen molar-refractivity contribution in [3.05, 3.63) is 47.5 Å². The zero-order valence-corrected chi connectivity index (χ0v) is 15.1. The molecular formula is C18H18F6N2O3. The maximum Gasteiger partial charge on any atom is 0.416 e. The molecule has 0 aromatic heterocycles. The highest BCUT2D eigenvalue weighted by atomic mass is 19.4. The van der Waals surface area contributed by atoms with E-state index in [1.165, 1.54) is 4.90 Å². The molecule has 0 aliphatic carbocycles. The van der Waals surface area contributed by atoms with Crippen molar-refractivity contribution in [1.82, 2.24) is 10.2 Å². The molecule has 1 unspecified atom stereocenters. The monoisotopic (exact) mass is 424 g/mol. The number of hydrogen-bond acceptors (Lipinski definition) is 3. The third-order valence-corrected chi connectivity index (χ3v) is 4.22. The molecule has 5 nitrogen and oxygen atoms in total. The first-order valence-electron chi connectivity index (χ1n) is 8.51. The lowest BCUT2D eigenvalue weighted by atomic mass is 10.00. The van der Waals surface area contributed by atoms with Gasteiger partial charge in [0.05, 0.1) is 24.3 Å². The highest BCUT2D eigenvalue weighted by Gasteiger charge is 2.38. The standard InChI is InChI=1S/C18H18F6N2O3/c1-2-15(27)25-4-3-16(28)26-5-6-29-14(10-26)11-7-12(17(19,20)21)9-13(8-11)18(22,23)24/h2,7-9,14H,1,3-6,10H2,(H,25,27). The molecular weight excluding hydrogens is 406 g/mol. The number of nitrogens with one attached hydrogen (secondary N) is 1. The van der Waals surface area contributed by atoms with E-state index in [2.05, 4.69) is 11.9 Å². The number of carbonyl (C=O) groups excluding carboxylic acids is 2. The van der Waals surface area contributed by atoms with Gasteiger partial charge < -0.3 is 15.0 Å². The molecule has 1 heterocycles. The van der Waals surface area contributed by atoms with E-state index in [1.807, 2.05) is 0 Å². The minimum absolute atomic E-state index is 0.0213. The van der Waals surface area contributed by atoms with Gasteiger partial charge in [0, 0.05) is 19.5 Å². The predicted molar refractivity (Wildman–Crippen MR) is 89.5 cm³/mol. The predicted octanol–water partition coefficient (Wildman–Crippen LogP) is 3.32. The highest BCUT2D eigenvalue weighted by Crippen LogP contribution is 2.38. The van der Waals surface area contributed by atoms with E-state index in [4.69, 9.17) is 4.74 Å². The smallest absolute Gasteiger partial charge is 0.370 e. The number of nitrogens with zero attached hydrogens (tertiary/aromatic N) is 1. The summed E-state index contributed by atoms with van der Waals surface area (Å²) >= 11 is 0. The van der Waals surface area contributed by atoms with Crippen LogP contribution < -0.4 is 5.32 Å². The molecule has 1 aliphatic heterocycles. The van der Waals surface area contributed by atoms with E-state index >= 15 is 0 Å². The quantitative estimate of drug-likeness (QED) is 0.583. The van der Waals surface area contributed by atoms with Gasteiger partial charge >= 0.3 is 12.4 Å². The Kier molecular flexibility index (Phi) is 6.93. The van der Waals surface area contributed by atoms with Crippen molar-refractivity contribution < 1.29 is 40.7 Å². The SMILES string of the molecule is C=CC(=O)NCCC(=O)N1CCOC(c2cc(C(F)(F)F)cc(C(F)(F)F)c2)C1. The summed E-state index contributed by atoms with van der Waals surface area (Å²) in [5.74, 6) is -0.882. The van der Waals surface area contributed by atoms with Crippen LogP contribution in [0.4, 0.5) is 26.3 Å². The van der Waals surface area contributed by atoms with Crippen LogP contribution in [0.1, 0.15) is 29.2 Å². The van der Waals surface area contributed by atoms with E-state index in [0.29, 0.717) is 12.1 Å². The Morgan fingerprint density at radius 1 is 1.14 bits per heavy atom. The lowest BCUT2D eigenvalue weighted by Gasteiger charge is -2.33. The van der Waals surface area contributed by atoms with Crippen molar-refractivity contribution in [2.45, 2.75) is 24.9 Å².